The fourth-order valence-corrected chi connectivity index (χ4v) is 3.13. The van der Waals surface area contributed by atoms with E-state index >= 15 is 0 Å². The largest absolute Gasteiger partial charge is 0.383 e. The van der Waals surface area contributed by atoms with E-state index in [9.17, 15) is 0 Å². The van der Waals surface area contributed by atoms with Gasteiger partial charge in [-0.25, -0.2) is 9.97 Å². The molecule has 0 aliphatic rings. The fraction of sp³-hybridized carbons (Fsp3) is 0.286. The minimum atomic E-state index is 0.346. The summed E-state index contributed by atoms with van der Waals surface area (Å²) >= 11 is 5.69. The normalized spacial score (nSPS) is 11.0. The second-order valence-corrected chi connectivity index (χ2v) is 6.68. The summed E-state index contributed by atoms with van der Waals surface area (Å²) < 4.78 is 2.03. The quantitative estimate of drug-likeness (QED) is 0.743. The highest BCUT2D eigenvalue weighted by Crippen LogP contribution is 2.24. The average molecular weight is 432 g/mol. The van der Waals surface area contributed by atoms with E-state index in [1.54, 1.807) is 0 Å². The van der Waals surface area contributed by atoms with Crippen molar-refractivity contribution in [1.29, 1.82) is 0 Å². The summed E-state index contributed by atoms with van der Waals surface area (Å²) in [5.41, 5.74) is 8.17. The second kappa shape index (κ2) is 6.17. The lowest BCUT2D eigenvalue weighted by atomic mass is 10.1. The Bertz CT molecular complexity index is 599. The maximum Gasteiger partial charge on any atom is 0.140 e. The number of anilines is 1. The standard InChI is InChI=1S/C14H15BrIN3/c1-8(2)13-12(16)14(17)19-11(18-13)7-9-4-3-5-10(15)6-9/h3-6,8H,7H2,1-2H3,(H2,17,18,19). The minimum absolute atomic E-state index is 0.346. The number of aromatic nitrogens is 2. The van der Waals surface area contributed by atoms with Gasteiger partial charge in [0.25, 0.3) is 0 Å². The Kier molecular flexibility index (Phi) is 4.78. The van der Waals surface area contributed by atoms with Crippen molar-refractivity contribution < 1.29 is 0 Å². The molecule has 1 heterocycles. The zero-order chi connectivity index (χ0) is 14.0. The first-order valence-electron chi connectivity index (χ1n) is 6.03. The van der Waals surface area contributed by atoms with Crippen LogP contribution in [0.15, 0.2) is 28.7 Å². The second-order valence-electron chi connectivity index (χ2n) is 4.69. The van der Waals surface area contributed by atoms with Crippen LogP contribution in [0.1, 0.15) is 36.8 Å². The lowest BCUT2D eigenvalue weighted by molar-refractivity contribution is 0.785. The van der Waals surface area contributed by atoms with E-state index < -0.39 is 0 Å². The highest BCUT2D eigenvalue weighted by molar-refractivity contribution is 14.1. The van der Waals surface area contributed by atoms with Gasteiger partial charge in [0.2, 0.25) is 0 Å². The molecule has 1 aromatic heterocycles. The lowest BCUT2D eigenvalue weighted by Gasteiger charge is -2.11. The van der Waals surface area contributed by atoms with E-state index in [1.807, 2.05) is 12.1 Å². The molecule has 0 radical (unpaired) electrons. The third-order valence-electron chi connectivity index (χ3n) is 2.75. The van der Waals surface area contributed by atoms with Gasteiger partial charge in [-0.05, 0) is 46.2 Å². The molecule has 0 aliphatic carbocycles. The zero-order valence-corrected chi connectivity index (χ0v) is 14.6. The van der Waals surface area contributed by atoms with Gasteiger partial charge < -0.3 is 5.73 Å². The van der Waals surface area contributed by atoms with E-state index in [0.717, 1.165) is 19.6 Å². The number of rotatable bonds is 3. The molecule has 0 aliphatic heterocycles. The van der Waals surface area contributed by atoms with Crippen molar-refractivity contribution >= 4 is 44.3 Å². The molecule has 0 saturated heterocycles. The number of nitrogens with zero attached hydrogens (tertiary/aromatic N) is 2. The molecule has 0 fully saturated rings. The molecule has 0 saturated carbocycles. The molecule has 5 heteroatoms. The van der Waals surface area contributed by atoms with Crippen LogP contribution < -0.4 is 5.73 Å². The van der Waals surface area contributed by atoms with Gasteiger partial charge in [0.1, 0.15) is 11.6 Å². The van der Waals surface area contributed by atoms with Gasteiger partial charge in [-0.1, -0.05) is 41.9 Å². The van der Waals surface area contributed by atoms with Gasteiger partial charge in [0, 0.05) is 10.9 Å². The topological polar surface area (TPSA) is 51.8 Å². The minimum Gasteiger partial charge on any atom is -0.383 e. The molecule has 2 N–H and O–H groups in total. The van der Waals surface area contributed by atoms with Crippen LogP contribution in [0.4, 0.5) is 5.82 Å². The van der Waals surface area contributed by atoms with E-state index in [2.05, 4.69) is 74.5 Å². The molecule has 0 bridgehead atoms. The Morgan fingerprint density at radius 1 is 1.32 bits per heavy atom. The molecule has 0 amide bonds. The molecule has 0 atom stereocenters. The van der Waals surface area contributed by atoms with Crippen molar-refractivity contribution in [2.24, 2.45) is 0 Å². The summed E-state index contributed by atoms with van der Waals surface area (Å²) in [6.45, 7) is 4.24. The van der Waals surface area contributed by atoms with Gasteiger partial charge in [-0.2, -0.15) is 0 Å². The van der Waals surface area contributed by atoms with Crippen LogP contribution in [0, 0.1) is 3.57 Å². The summed E-state index contributed by atoms with van der Waals surface area (Å²) in [5, 5.41) is 0. The SMILES string of the molecule is CC(C)c1nc(Cc2cccc(Br)c2)nc(N)c1I. The zero-order valence-electron chi connectivity index (χ0n) is 10.8. The lowest BCUT2D eigenvalue weighted by Crippen LogP contribution is -2.09. The third kappa shape index (κ3) is 3.66. The molecular weight excluding hydrogens is 417 g/mol. The van der Waals surface area contributed by atoms with Gasteiger partial charge in [-0.3, -0.25) is 0 Å². The van der Waals surface area contributed by atoms with Crippen molar-refractivity contribution in [3.63, 3.8) is 0 Å². The number of hydrogen-bond donors (Lipinski definition) is 1. The van der Waals surface area contributed by atoms with Crippen LogP contribution in [-0.2, 0) is 6.42 Å². The van der Waals surface area contributed by atoms with Crippen LogP contribution in [0.2, 0.25) is 0 Å². The van der Waals surface area contributed by atoms with Gasteiger partial charge in [0.15, 0.2) is 0 Å². The first-order valence-corrected chi connectivity index (χ1v) is 7.90. The Balaban J connectivity index is 2.36. The molecule has 2 rings (SSSR count). The van der Waals surface area contributed by atoms with Crippen molar-refractivity contribution in [1.82, 2.24) is 9.97 Å². The van der Waals surface area contributed by atoms with Gasteiger partial charge in [-0.15, -0.1) is 0 Å². The van der Waals surface area contributed by atoms with Gasteiger partial charge in [0.05, 0.1) is 9.26 Å². The van der Waals surface area contributed by atoms with Crippen molar-refractivity contribution in [3.8, 4) is 0 Å². The van der Waals surface area contributed by atoms with Crippen LogP contribution in [0.25, 0.3) is 0 Å². The van der Waals surface area contributed by atoms with Crippen LogP contribution in [-0.4, -0.2) is 9.97 Å². The molecule has 1 aromatic carbocycles. The third-order valence-corrected chi connectivity index (χ3v) is 4.35. The fourth-order valence-electron chi connectivity index (χ4n) is 1.82. The number of nitrogens with two attached hydrogens (primary N) is 1. The van der Waals surface area contributed by atoms with E-state index in [4.69, 9.17) is 5.73 Å². The number of nitrogen functional groups attached to an aromatic ring is 1. The van der Waals surface area contributed by atoms with Gasteiger partial charge >= 0.3 is 0 Å². The number of halogens is 2. The average Bonchev–Trinajstić information content (AvgIpc) is 2.33. The number of benzene rings is 1. The van der Waals surface area contributed by atoms with E-state index in [1.165, 1.54) is 5.56 Å². The Morgan fingerprint density at radius 3 is 2.68 bits per heavy atom. The summed E-state index contributed by atoms with van der Waals surface area (Å²) in [5.74, 6) is 1.70. The van der Waals surface area contributed by atoms with E-state index in [-0.39, 0.29) is 0 Å². The van der Waals surface area contributed by atoms with Crippen molar-refractivity contribution in [3.05, 3.63) is 49.4 Å². The summed E-state index contributed by atoms with van der Waals surface area (Å²) in [6, 6.07) is 8.16. The Hall–Kier alpha value is -0.690. The number of hydrogen-bond acceptors (Lipinski definition) is 3. The van der Waals surface area contributed by atoms with E-state index in [0.29, 0.717) is 18.2 Å². The predicted molar refractivity (Wildman–Crippen MR) is 90.2 cm³/mol. The molecular formula is C14H15BrIN3. The molecule has 19 heavy (non-hydrogen) atoms. The maximum absolute atomic E-state index is 5.97. The Morgan fingerprint density at radius 2 is 2.05 bits per heavy atom. The first kappa shape index (κ1) is 14.7. The van der Waals surface area contributed by atoms with Crippen molar-refractivity contribution in [2.45, 2.75) is 26.2 Å². The summed E-state index contributed by atoms with van der Waals surface area (Å²) in [7, 11) is 0. The smallest absolute Gasteiger partial charge is 0.140 e. The summed E-state index contributed by atoms with van der Waals surface area (Å²) in [6.07, 6.45) is 0.695. The Labute approximate surface area is 135 Å². The predicted octanol–water partition coefficient (Wildman–Crippen LogP) is 4.14. The molecule has 3 nitrogen and oxygen atoms in total. The highest BCUT2D eigenvalue weighted by Gasteiger charge is 2.13. The van der Waals surface area contributed by atoms with Crippen molar-refractivity contribution in [2.75, 3.05) is 5.73 Å². The molecule has 2 aromatic rings. The first-order chi connectivity index (χ1) is 8.97. The highest BCUT2D eigenvalue weighted by atomic mass is 127. The molecule has 100 valence electrons. The monoisotopic (exact) mass is 431 g/mol. The van der Waals surface area contributed by atoms with Crippen LogP contribution in [0.5, 0.6) is 0 Å². The van der Waals surface area contributed by atoms with Crippen LogP contribution >= 0.6 is 38.5 Å². The molecule has 0 spiro atoms. The maximum atomic E-state index is 5.97. The van der Waals surface area contributed by atoms with Crippen LogP contribution in [0.3, 0.4) is 0 Å². The molecule has 0 unspecified atom stereocenters. The summed E-state index contributed by atoms with van der Waals surface area (Å²) in [4.78, 5) is 9.03.